The summed E-state index contributed by atoms with van der Waals surface area (Å²) in [5.41, 5.74) is 0. The molecule has 1 fully saturated rings. The van der Waals surface area contributed by atoms with Gasteiger partial charge in [-0.3, -0.25) is 0 Å². The number of rotatable bonds is 8. The molecule has 118 valence electrons. The van der Waals surface area contributed by atoms with E-state index >= 15 is 0 Å². The Morgan fingerprint density at radius 1 is 1.35 bits per heavy atom. The van der Waals surface area contributed by atoms with Gasteiger partial charge in [0.2, 0.25) is 0 Å². The number of hydrogen-bond acceptors (Lipinski definition) is 6. The van der Waals surface area contributed by atoms with Crippen LogP contribution in [0.4, 0.5) is 0 Å². The lowest BCUT2D eigenvalue weighted by Crippen LogP contribution is -2.58. The molecule has 0 radical (unpaired) electrons. The molecule has 6 nitrogen and oxygen atoms in total. The van der Waals surface area contributed by atoms with Crippen molar-refractivity contribution in [3.8, 4) is 0 Å². The quantitative estimate of drug-likeness (QED) is 0.539. The number of ether oxygens (including phenoxy) is 3. The van der Waals surface area contributed by atoms with Gasteiger partial charge in [-0.25, -0.2) is 0 Å². The number of aliphatic hydroxyl groups excluding tert-OH is 3. The molecule has 0 aromatic carbocycles. The molecular weight excluding hydrogens is 264 g/mol. The summed E-state index contributed by atoms with van der Waals surface area (Å²) in [5.74, 6) is 0. The van der Waals surface area contributed by atoms with E-state index in [1.807, 2.05) is 0 Å². The van der Waals surface area contributed by atoms with Crippen molar-refractivity contribution >= 4 is 0 Å². The molecule has 0 spiro atoms. The third kappa shape index (κ3) is 4.80. The fourth-order valence-electron chi connectivity index (χ4n) is 2.26. The highest BCUT2D eigenvalue weighted by molar-refractivity contribution is 4.91. The van der Waals surface area contributed by atoms with Gasteiger partial charge in [0, 0.05) is 7.11 Å². The van der Waals surface area contributed by atoms with Gasteiger partial charge in [0.15, 0.2) is 0 Å². The molecule has 0 aromatic rings. The topological polar surface area (TPSA) is 88.4 Å². The number of allylic oxidation sites excluding steroid dienone is 1. The van der Waals surface area contributed by atoms with Crippen molar-refractivity contribution < 1.29 is 29.5 Å². The van der Waals surface area contributed by atoms with Crippen molar-refractivity contribution in [2.24, 2.45) is 0 Å². The Morgan fingerprint density at radius 2 is 2.05 bits per heavy atom. The SMILES string of the molecule is C=CCCC(O)COCC1OC(C)C(O)C(O)C1OC. The minimum absolute atomic E-state index is 0.192. The van der Waals surface area contributed by atoms with E-state index in [1.165, 1.54) is 7.11 Å². The molecule has 1 aliphatic rings. The second-order valence-corrected chi connectivity index (χ2v) is 5.12. The van der Waals surface area contributed by atoms with Gasteiger partial charge in [-0.15, -0.1) is 6.58 Å². The normalized spacial score (nSPS) is 35.8. The summed E-state index contributed by atoms with van der Waals surface area (Å²) < 4.78 is 16.2. The molecule has 0 aliphatic carbocycles. The van der Waals surface area contributed by atoms with Gasteiger partial charge in [0.1, 0.15) is 24.4 Å². The highest BCUT2D eigenvalue weighted by Gasteiger charge is 2.42. The molecule has 1 heterocycles. The maximum Gasteiger partial charge on any atom is 0.114 e. The molecular formula is C14H26O6. The first-order chi connectivity index (χ1) is 9.51. The van der Waals surface area contributed by atoms with Crippen LogP contribution in [0.2, 0.25) is 0 Å². The van der Waals surface area contributed by atoms with Crippen LogP contribution < -0.4 is 0 Å². The predicted octanol–water partition coefficient (Wildman–Crippen LogP) is -0.146. The van der Waals surface area contributed by atoms with E-state index in [2.05, 4.69) is 6.58 Å². The molecule has 0 saturated carbocycles. The number of hydrogen-bond donors (Lipinski definition) is 3. The molecule has 6 unspecified atom stereocenters. The van der Waals surface area contributed by atoms with Crippen molar-refractivity contribution in [3.05, 3.63) is 12.7 Å². The zero-order chi connectivity index (χ0) is 15.1. The molecule has 6 heteroatoms. The summed E-state index contributed by atoms with van der Waals surface area (Å²) in [4.78, 5) is 0. The van der Waals surface area contributed by atoms with Crippen molar-refractivity contribution in [1.82, 2.24) is 0 Å². The summed E-state index contributed by atoms with van der Waals surface area (Å²) in [5, 5.41) is 29.3. The van der Waals surface area contributed by atoms with Crippen molar-refractivity contribution in [1.29, 1.82) is 0 Å². The monoisotopic (exact) mass is 290 g/mol. The van der Waals surface area contributed by atoms with E-state index in [0.29, 0.717) is 6.42 Å². The standard InChI is InChI=1S/C14H26O6/c1-4-5-6-10(15)7-19-8-11-14(18-3)13(17)12(16)9(2)20-11/h4,9-17H,1,5-8H2,2-3H3. The first-order valence-electron chi connectivity index (χ1n) is 6.92. The van der Waals surface area contributed by atoms with Gasteiger partial charge in [0.25, 0.3) is 0 Å². The van der Waals surface area contributed by atoms with Gasteiger partial charge in [0.05, 0.1) is 25.4 Å². The van der Waals surface area contributed by atoms with Crippen LogP contribution in [0.3, 0.4) is 0 Å². The van der Waals surface area contributed by atoms with Gasteiger partial charge in [-0.05, 0) is 19.8 Å². The number of methoxy groups -OCH3 is 1. The van der Waals surface area contributed by atoms with E-state index in [9.17, 15) is 15.3 Å². The van der Waals surface area contributed by atoms with Crippen LogP contribution in [0.25, 0.3) is 0 Å². The van der Waals surface area contributed by atoms with E-state index in [4.69, 9.17) is 14.2 Å². The zero-order valence-corrected chi connectivity index (χ0v) is 12.1. The molecule has 0 amide bonds. The smallest absolute Gasteiger partial charge is 0.114 e. The highest BCUT2D eigenvalue weighted by atomic mass is 16.6. The Balaban J connectivity index is 2.39. The molecule has 0 bridgehead atoms. The average molecular weight is 290 g/mol. The molecule has 1 rings (SSSR count). The summed E-state index contributed by atoms with van der Waals surface area (Å²) >= 11 is 0. The Labute approximate surface area is 120 Å². The van der Waals surface area contributed by atoms with Crippen LogP contribution in [0, 0.1) is 0 Å². The molecule has 1 aliphatic heterocycles. The van der Waals surface area contributed by atoms with Crippen LogP contribution in [0.5, 0.6) is 0 Å². The molecule has 20 heavy (non-hydrogen) atoms. The molecule has 3 N–H and O–H groups in total. The van der Waals surface area contributed by atoms with E-state index in [-0.39, 0.29) is 13.2 Å². The minimum atomic E-state index is -1.01. The zero-order valence-electron chi connectivity index (χ0n) is 12.1. The van der Waals surface area contributed by atoms with E-state index < -0.39 is 36.6 Å². The minimum Gasteiger partial charge on any atom is -0.391 e. The summed E-state index contributed by atoms with van der Waals surface area (Å²) in [6, 6.07) is 0. The lowest BCUT2D eigenvalue weighted by atomic mass is 9.96. The molecule has 1 saturated heterocycles. The van der Waals surface area contributed by atoms with Crippen molar-refractivity contribution in [3.63, 3.8) is 0 Å². The first kappa shape index (κ1) is 17.6. The third-order valence-corrected chi connectivity index (χ3v) is 3.49. The molecule has 0 aromatic heterocycles. The lowest BCUT2D eigenvalue weighted by Gasteiger charge is -2.41. The third-order valence-electron chi connectivity index (χ3n) is 3.49. The van der Waals surface area contributed by atoms with Crippen LogP contribution in [0.15, 0.2) is 12.7 Å². The van der Waals surface area contributed by atoms with Crippen LogP contribution in [0.1, 0.15) is 19.8 Å². The Morgan fingerprint density at radius 3 is 2.65 bits per heavy atom. The first-order valence-corrected chi connectivity index (χ1v) is 6.92. The second-order valence-electron chi connectivity index (χ2n) is 5.12. The fraction of sp³-hybridized carbons (Fsp3) is 0.857. The highest BCUT2D eigenvalue weighted by Crippen LogP contribution is 2.23. The van der Waals surface area contributed by atoms with Gasteiger partial charge < -0.3 is 29.5 Å². The van der Waals surface area contributed by atoms with Gasteiger partial charge in [-0.1, -0.05) is 6.08 Å². The van der Waals surface area contributed by atoms with Crippen molar-refractivity contribution in [2.45, 2.75) is 56.4 Å². The largest absolute Gasteiger partial charge is 0.391 e. The van der Waals surface area contributed by atoms with E-state index in [0.717, 1.165) is 6.42 Å². The summed E-state index contributed by atoms with van der Waals surface area (Å²) in [7, 11) is 1.45. The lowest BCUT2D eigenvalue weighted by molar-refractivity contribution is -0.235. The maximum absolute atomic E-state index is 9.93. The van der Waals surface area contributed by atoms with Crippen LogP contribution >= 0.6 is 0 Å². The predicted molar refractivity (Wildman–Crippen MR) is 73.4 cm³/mol. The van der Waals surface area contributed by atoms with Gasteiger partial charge in [-0.2, -0.15) is 0 Å². The molecule has 6 atom stereocenters. The van der Waals surface area contributed by atoms with Crippen molar-refractivity contribution in [2.75, 3.05) is 20.3 Å². The fourth-order valence-corrected chi connectivity index (χ4v) is 2.26. The van der Waals surface area contributed by atoms with Gasteiger partial charge >= 0.3 is 0 Å². The summed E-state index contributed by atoms with van der Waals surface area (Å²) in [6.07, 6.45) is -1.08. The van der Waals surface area contributed by atoms with E-state index in [1.54, 1.807) is 13.0 Å². The Hall–Kier alpha value is -0.500. The maximum atomic E-state index is 9.93. The second kappa shape index (κ2) is 8.71. The van der Waals surface area contributed by atoms with Crippen LogP contribution in [-0.2, 0) is 14.2 Å². The summed E-state index contributed by atoms with van der Waals surface area (Å²) in [6.45, 7) is 5.66. The average Bonchev–Trinajstić information content (AvgIpc) is 2.43. The van der Waals surface area contributed by atoms with Crippen LogP contribution in [-0.4, -0.2) is 72.3 Å². The number of aliphatic hydroxyl groups is 3. The Bertz CT molecular complexity index is 285. The Kier molecular flexibility index (Phi) is 7.65.